The fourth-order valence-electron chi connectivity index (χ4n) is 3.70. The molecule has 1 saturated carbocycles. The molecule has 1 fully saturated rings. The lowest BCUT2D eigenvalue weighted by atomic mass is 9.82. The van der Waals surface area contributed by atoms with Gasteiger partial charge in [0.05, 0.1) is 0 Å². The van der Waals surface area contributed by atoms with Gasteiger partial charge in [0.1, 0.15) is 0 Å². The van der Waals surface area contributed by atoms with Gasteiger partial charge in [-0.3, -0.25) is 4.79 Å². The van der Waals surface area contributed by atoms with E-state index >= 15 is 0 Å². The Hall–Kier alpha value is -0.590. The van der Waals surface area contributed by atoms with E-state index in [1.54, 1.807) is 0 Å². The van der Waals surface area contributed by atoms with Gasteiger partial charge in [-0.25, -0.2) is 0 Å². The summed E-state index contributed by atoms with van der Waals surface area (Å²) in [5, 5.41) is 0. The van der Waals surface area contributed by atoms with E-state index in [-0.39, 0.29) is 0 Å². The van der Waals surface area contributed by atoms with E-state index in [9.17, 15) is 4.79 Å². The van der Waals surface area contributed by atoms with Crippen molar-refractivity contribution in [1.29, 1.82) is 0 Å². The summed E-state index contributed by atoms with van der Waals surface area (Å²) in [4.78, 5) is 11.7. The molecule has 4 atom stereocenters. The molecule has 0 spiro atoms. The molecule has 16 heavy (non-hydrogen) atoms. The lowest BCUT2D eigenvalue weighted by Gasteiger charge is -2.23. The molecular formula is C15H24O. The summed E-state index contributed by atoms with van der Waals surface area (Å²) in [6.07, 6.45) is 5.33. The van der Waals surface area contributed by atoms with E-state index in [1.807, 2.05) is 6.08 Å². The largest absolute Gasteiger partial charge is 0.295 e. The minimum absolute atomic E-state index is 0.348. The summed E-state index contributed by atoms with van der Waals surface area (Å²) < 4.78 is 0. The van der Waals surface area contributed by atoms with E-state index in [4.69, 9.17) is 0 Å². The highest BCUT2D eigenvalue weighted by Gasteiger charge is 2.40. The number of fused-ring (bicyclic) bond motifs is 1. The fraction of sp³-hybridized carbons (Fsp3) is 0.800. The molecule has 0 saturated heterocycles. The molecule has 0 heterocycles. The molecule has 2 aliphatic rings. The first-order valence-corrected chi connectivity index (χ1v) is 6.70. The van der Waals surface area contributed by atoms with E-state index in [0.29, 0.717) is 17.6 Å². The average Bonchev–Trinajstić information content (AvgIpc) is 2.57. The molecule has 1 heteroatoms. The second kappa shape index (κ2) is 4.35. The van der Waals surface area contributed by atoms with Crippen LogP contribution >= 0.6 is 0 Å². The molecule has 0 bridgehead atoms. The minimum atomic E-state index is 0.348. The Kier molecular flexibility index (Phi) is 3.23. The number of carbonyl (C=O) groups excluding carboxylic acids is 1. The lowest BCUT2D eigenvalue weighted by molar-refractivity contribution is -0.115. The zero-order valence-corrected chi connectivity index (χ0v) is 11.0. The van der Waals surface area contributed by atoms with Gasteiger partial charge in [-0.1, -0.05) is 26.3 Å². The van der Waals surface area contributed by atoms with Gasteiger partial charge in [0.15, 0.2) is 5.78 Å². The van der Waals surface area contributed by atoms with Crippen LogP contribution in [0.2, 0.25) is 0 Å². The van der Waals surface area contributed by atoms with Crippen molar-refractivity contribution in [3.63, 3.8) is 0 Å². The first kappa shape index (κ1) is 11.9. The molecule has 90 valence electrons. The van der Waals surface area contributed by atoms with Crippen molar-refractivity contribution in [2.75, 3.05) is 0 Å². The summed E-state index contributed by atoms with van der Waals surface area (Å²) in [5.74, 6) is 4.04. The zero-order chi connectivity index (χ0) is 11.9. The third kappa shape index (κ3) is 2.09. The normalized spacial score (nSPS) is 39.6. The predicted molar refractivity (Wildman–Crippen MR) is 67.1 cm³/mol. The molecule has 0 unspecified atom stereocenters. The molecule has 0 amide bonds. The van der Waals surface area contributed by atoms with Crippen LogP contribution in [0.25, 0.3) is 0 Å². The van der Waals surface area contributed by atoms with Crippen LogP contribution in [-0.2, 0) is 4.79 Å². The summed E-state index contributed by atoms with van der Waals surface area (Å²) >= 11 is 0. The monoisotopic (exact) mass is 220 g/mol. The molecule has 0 aromatic rings. The first-order valence-electron chi connectivity index (χ1n) is 6.70. The minimum Gasteiger partial charge on any atom is -0.295 e. The molecular weight excluding hydrogens is 196 g/mol. The van der Waals surface area contributed by atoms with E-state index in [1.165, 1.54) is 18.4 Å². The third-order valence-corrected chi connectivity index (χ3v) is 4.82. The number of hydrogen-bond acceptors (Lipinski definition) is 1. The van der Waals surface area contributed by atoms with Gasteiger partial charge >= 0.3 is 0 Å². The van der Waals surface area contributed by atoms with Crippen LogP contribution in [0.15, 0.2) is 11.6 Å². The molecule has 1 nitrogen and oxygen atoms in total. The van der Waals surface area contributed by atoms with Crippen LogP contribution in [-0.4, -0.2) is 5.78 Å². The van der Waals surface area contributed by atoms with Crippen molar-refractivity contribution in [2.24, 2.45) is 29.6 Å². The molecule has 0 aromatic carbocycles. The van der Waals surface area contributed by atoms with Crippen molar-refractivity contribution in [2.45, 2.75) is 47.0 Å². The highest BCUT2D eigenvalue weighted by molar-refractivity contribution is 5.90. The van der Waals surface area contributed by atoms with Crippen molar-refractivity contribution in [1.82, 2.24) is 0 Å². The average molecular weight is 220 g/mol. The van der Waals surface area contributed by atoms with Gasteiger partial charge in [0.25, 0.3) is 0 Å². The van der Waals surface area contributed by atoms with Crippen LogP contribution < -0.4 is 0 Å². The molecule has 0 N–H and O–H groups in total. The van der Waals surface area contributed by atoms with E-state index in [2.05, 4.69) is 27.7 Å². The Morgan fingerprint density at radius 2 is 2.00 bits per heavy atom. The second-order valence-electron chi connectivity index (χ2n) is 6.28. The summed E-state index contributed by atoms with van der Waals surface area (Å²) in [7, 11) is 0. The van der Waals surface area contributed by atoms with E-state index < -0.39 is 0 Å². The number of hydrogen-bond donors (Lipinski definition) is 0. The van der Waals surface area contributed by atoms with Crippen LogP contribution in [0.5, 0.6) is 0 Å². The lowest BCUT2D eigenvalue weighted by Crippen LogP contribution is -2.16. The Morgan fingerprint density at radius 3 is 2.62 bits per heavy atom. The van der Waals surface area contributed by atoms with Crippen molar-refractivity contribution in [3.8, 4) is 0 Å². The molecule has 0 aliphatic heterocycles. The maximum absolute atomic E-state index is 11.7. The molecule has 2 aliphatic carbocycles. The van der Waals surface area contributed by atoms with Gasteiger partial charge < -0.3 is 0 Å². The Labute approximate surface area is 99.3 Å². The maximum atomic E-state index is 11.7. The molecule has 2 rings (SSSR count). The number of rotatable bonds is 1. The highest BCUT2D eigenvalue weighted by Crippen LogP contribution is 2.48. The maximum Gasteiger partial charge on any atom is 0.155 e. The summed E-state index contributed by atoms with van der Waals surface area (Å²) in [5.41, 5.74) is 1.35. The van der Waals surface area contributed by atoms with Crippen LogP contribution in [0, 0.1) is 29.6 Å². The highest BCUT2D eigenvalue weighted by atomic mass is 16.1. The number of carbonyl (C=O) groups is 1. The zero-order valence-electron chi connectivity index (χ0n) is 11.0. The van der Waals surface area contributed by atoms with Gasteiger partial charge in [0, 0.05) is 6.42 Å². The van der Waals surface area contributed by atoms with Crippen LogP contribution in [0.1, 0.15) is 47.0 Å². The summed E-state index contributed by atoms with van der Waals surface area (Å²) in [6, 6.07) is 0. The van der Waals surface area contributed by atoms with Crippen LogP contribution in [0.3, 0.4) is 0 Å². The van der Waals surface area contributed by atoms with E-state index in [0.717, 1.165) is 24.2 Å². The number of allylic oxidation sites excluding steroid dienone is 2. The van der Waals surface area contributed by atoms with Crippen molar-refractivity contribution < 1.29 is 4.79 Å². The van der Waals surface area contributed by atoms with Crippen molar-refractivity contribution >= 4 is 5.78 Å². The van der Waals surface area contributed by atoms with Crippen LogP contribution in [0.4, 0.5) is 0 Å². The SMILES string of the molecule is CC1=CC(=O)C[C@H](C)[C@H]2C[C@H](C(C)C)C[C@@H]12. The summed E-state index contributed by atoms with van der Waals surface area (Å²) in [6.45, 7) is 9.11. The Morgan fingerprint density at radius 1 is 1.31 bits per heavy atom. The number of ketones is 1. The second-order valence-corrected chi connectivity index (χ2v) is 6.28. The molecule has 0 radical (unpaired) electrons. The van der Waals surface area contributed by atoms with Gasteiger partial charge in [0.2, 0.25) is 0 Å². The predicted octanol–water partition coefficient (Wildman–Crippen LogP) is 3.84. The standard InChI is InChI=1S/C15H24O/c1-9(2)12-7-14-10(3)5-13(16)6-11(4)15(14)8-12/h5,9,11-12,14-15H,6-8H2,1-4H3/t11-,12+,14-,15+/m0/s1. The Balaban J connectivity index is 2.21. The smallest absolute Gasteiger partial charge is 0.155 e. The van der Waals surface area contributed by atoms with Crippen molar-refractivity contribution in [3.05, 3.63) is 11.6 Å². The fourth-order valence-corrected chi connectivity index (χ4v) is 3.70. The Bertz CT molecular complexity index is 313. The van der Waals surface area contributed by atoms with Gasteiger partial charge in [-0.2, -0.15) is 0 Å². The third-order valence-electron chi connectivity index (χ3n) is 4.82. The first-order chi connectivity index (χ1) is 7.49. The van der Waals surface area contributed by atoms with Gasteiger partial charge in [-0.15, -0.1) is 0 Å². The van der Waals surface area contributed by atoms with Gasteiger partial charge in [-0.05, 0) is 55.4 Å². The topological polar surface area (TPSA) is 17.1 Å². The quantitative estimate of drug-likeness (QED) is 0.656. The molecule has 0 aromatic heterocycles.